The second-order valence-electron chi connectivity index (χ2n) is 1.88. The summed E-state index contributed by atoms with van der Waals surface area (Å²) in [6.07, 6.45) is 1.05. The van der Waals surface area contributed by atoms with Gasteiger partial charge in [-0.15, -0.1) is 0 Å². The minimum Gasteiger partial charge on any atom is -0.184 e. The van der Waals surface area contributed by atoms with E-state index in [-0.39, 0.29) is 32.7 Å². The summed E-state index contributed by atoms with van der Waals surface area (Å²) in [6, 6.07) is 11.0. The van der Waals surface area contributed by atoms with Crippen molar-refractivity contribution in [1.82, 2.24) is 0 Å². The van der Waals surface area contributed by atoms with Crippen LogP contribution in [-0.4, -0.2) is 5.75 Å². The number of thiol groups is 1. The van der Waals surface area contributed by atoms with Gasteiger partial charge < -0.3 is 0 Å². The molecule has 1 aromatic carbocycles. The minimum absolute atomic E-state index is 0. The molecule has 2 heteroatoms. The van der Waals surface area contributed by atoms with Gasteiger partial charge in [-0.3, -0.25) is 0 Å². The molecule has 0 aliphatic heterocycles. The fourth-order valence-corrected chi connectivity index (χ4v) is 0.975. The first-order chi connectivity index (χ1) is 4.43. The van der Waals surface area contributed by atoms with E-state index in [1.54, 1.807) is 0 Å². The van der Waals surface area contributed by atoms with E-state index in [1.807, 2.05) is 12.1 Å². The molecule has 0 fully saturated rings. The maximum Gasteiger partial charge on any atom is 0 e. The Kier molecular flexibility index (Phi) is 6.82. The van der Waals surface area contributed by atoms with Crippen molar-refractivity contribution >= 4 is 12.6 Å². The van der Waals surface area contributed by atoms with Gasteiger partial charge in [-0.25, -0.2) is 0 Å². The molecule has 0 aliphatic carbocycles. The van der Waals surface area contributed by atoms with Crippen molar-refractivity contribution in [3.05, 3.63) is 35.9 Å². The fourth-order valence-electron chi connectivity index (χ4n) is 0.717. The number of aryl methyl sites for hydroxylation is 1. The van der Waals surface area contributed by atoms with Gasteiger partial charge in [0.05, 0.1) is 0 Å². The van der Waals surface area contributed by atoms with E-state index in [0.717, 1.165) is 12.2 Å². The van der Waals surface area contributed by atoms with Crippen molar-refractivity contribution in [2.45, 2.75) is 6.42 Å². The standard InChI is InChI=1S/C8H9S.Y/c9-7-6-8-4-2-1-3-5-8;/h2-5,9H,6-7H2;/q-1;. The van der Waals surface area contributed by atoms with E-state index in [9.17, 15) is 0 Å². The van der Waals surface area contributed by atoms with Gasteiger partial charge >= 0.3 is 0 Å². The summed E-state index contributed by atoms with van der Waals surface area (Å²) in [5.74, 6) is 0.921. The van der Waals surface area contributed by atoms with E-state index in [0.29, 0.717) is 0 Å². The molecule has 0 spiro atoms. The van der Waals surface area contributed by atoms with Crippen molar-refractivity contribution in [1.29, 1.82) is 0 Å². The van der Waals surface area contributed by atoms with Crippen LogP contribution in [0.15, 0.2) is 24.3 Å². The van der Waals surface area contributed by atoms with Gasteiger partial charge in [0.25, 0.3) is 0 Å². The van der Waals surface area contributed by atoms with Crippen LogP contribution in [0, 0.1) is 6.07 Å². The Morgan fingerprint density at radius 1 is 1.30 bits per heavy atom. The van der Waals surface area contributed by atoms with Crippen LogP contribution in [0.3, 0.4) is 0 Å². The molecular formula is C8H9SY-. The summed E-state index contributed by atoms with van der Waals surface area (Å²) in [6.45, 7) is 0. The number of benzene rings is 1. The van der Waals surface area contributed by atoms with Crippen LogP contribution in [0.2, 0.25) is 0 Å². The van der Waals surface area contributed by atoms with Crippen LogP contribution < -0.4 is 0 Å². The molecule has 0 saturated carbocycles. The summed E-state index contributed by atoms with van der Waals surface area (Å²) in [4.78, 5) is 0. The Morgan fingerprint density at radius 2 is 1.90 bits per heavy atom. The largest absolute Gasteiger partial charge is 0.184 e. The quantitative estimate of drug-likeness (QED) is 0.578. The molecule has 0 atom stereocenters. The molecule has 0 unspecified atom stereocenters. The molecule has 0 N–H and O–H groups in total. The summed E-state index contributed by atoms with van der Waals surface area (Å²) in [5, 5.41) is 0. The molecule has 0 nitrogen and oxygen atoms in total. The Hall–Kier alpha value is 0.674. The van der Waals surface area contributed by atoms with Crippen LogP contribution >= 0.6 is 12.6 Å². The molecule has 0 saturated heterocycles. The predicted octanol–water partition coefficient (Wildman–Crippen LogP) is 1.96. The first-order valence-electron chi connectivity index (χ1n) is 2.99. The van der Waals surface area contributed by atoms with Gasteiger partial charge in [0.2, 0.25) is 0 Å². The van der Waals surface area contributed by atoms with Crippen molar-refractivity contribution in [3.8, 4) is 0 Å². The van der Waals surface area contributed by atoms with Gasteiger partial charge in [0, 0.05) is 32.7 Å². The SMILES string of the molecule is SCCc1cc[c-]cc1.[Y]. The van der Waals surface area contributed by atoms with E-state index in [2.05, 4.69) is 30.8 Å². The molecule has 0 aromatic heterocycles. The van der Waals surface area contributed by atoms with E-state index in [1.165, 1.54) is 5.56 Å². The molecule has 0 heterocycles. The van der Waals surface area contributed by atoms with Crippen LogP contribution in [0.4, 0.5) is 0 Å². The zero-order valence-electron chi connectivity index (χ0n) is 5.75. The normalized spacial score (nSPS) is 8.50. The number of hydrogen-bond donors (Lipinski definition) is 1. The topological polar surface area (TPSA) is 0 Å². The molecule has 10 heavy (non-hydrogen) atoms. The first kappa shape index (κ1) is 10.7. The van der Waals surface area contributed by atoms with Gasteiger partial charge in [-0.1, -0.05) is 0 Å². The zero-order valence-corrected chi connectivity index (χ0v) is 9.48. The molecule has 1 radical (unpaired) electrons. The molecule has 51 valence electrons. The van der Waals surface area contributed by atoms with Crippen LogP contribution in [0.25, 0.3) is 0 Å². The number of hydrogen-bond acceptors (Lipinski definition) is 1. The maximum absolute atomic E-state index is 4.12. The van der Waals surface area contributed by atoms with Crippen molar-refractivity contribution in [2.75, 3.05) is 5.75 Å². The fraction of sp³-hybridized carbons (Fsp3) is 0.250. The smallest absolute Gasteiger partial charge is 0 e. The van der Waals surface area contributed by atoms with Crippen molar-refractivity contribution < 1.29 is 32.7 Å². The molecule has 0 amide bonds. The zero-order chi connectivity index (χ0) is 6.53. The second kappa shape index (κ2) is 6.39. The molecule has 1 aromatic rings. The van der Waals surface area contributed by atoms with Crippen LogP contribution in [-0.2, 0) is 39.1 Å². The van der Waals surface area contributed by atoms with Crippen LogP contribution in [0.1, 0.15) is 5.56 Å². The third-order valence-corrected chi connectivity index (χ3v) is 1.41. The predicted molar refractivity (Wildman–Crippen MR) is 42.8 cm³/mol. The third-order valence-electron chi connectivity index (χ3n) is 1.19. The Bertz CT molecular complexity index is 162. The molecule has 0 aliphatic rings. The number of rotatable bonds is 2. The van der Waals surface area contributed by atoms with Crippen LogP contribution in [0.5, 0.6) is 0 Å². The van der Waals surface area contributed by atoms with E-state index < -0.39 is 0 Å². The third kappa shape index (κ3) is 3.75. The molecule has 1 rings (SSSR count). The monoisotopic (exact) mass is 226 g/mol. The van der Waals surface area contributed by atoms with Gasteiger partial charge in [-0.2, -0.15) is 48.5 Å². The van der Waals surface area contributed by atoms with Crippen molar-refractivity contribution in [2.24, 2.45) is 0 Å². The average Bonchev–Trinajstić information content (AvgIpc) is 1.91. The van der Waals surface area contributed by atoms with E-state index in [4.69, 9.17) is 0 Å². The summed E-state index contributed by atoms with van der Waals surface area (Å²) < 4.78 is 0. The molecular weight excluding hydrogens is 217 g/mol. The molecule has 0 bridgehead atoms. The minimum atomic E-state index is 0. The van der Waals surface area contributed by atoms with Gasteiger partial charge in [0.1, 0.15) is 0 Å². The Labute approximate surface area is 92.7 Å². The Balaban J connectivity index is 0.000000810. The summed E-state index contributed by atoms with van der Waals surface area (Å²) in [7, 11) is 0. The Morgan fingerprint density at radius 3 is 2.40 bits per heavy atom. The first-order valence-corrected chi connectivity index (χ1v) is 3.62. The average molecular weight is 226 g/mol. The summed E-state index contributed by atoms with van der Waals surface area (Å²) in [5.41, 5.74) is 1.34. The maximum atomic E-state index is 4.12. The van der Waals surface area contributed by atoms with E-state index >= 15 is 0 Å². The van der Waals surface area contributed by atoms with Gasteiger partial charge in [0.15, 0.2) is 0 Å². The van der Waals surface area contributed by atoms with Gasteiger partial charge in [-0.05, 0) is 12.2 Å². The second-order valence-corrected chi connectivity index (χ2v) is 2.33. The van der Waals surface area contributed by atoms with Crippen molar-refractivity contribution in [3.63, 3.8) is 0 Å². The summed E-state index contributed by atoms with van der Waals surface area (Å²) >= 11 is 4.12.